The van der Waals surface area contributed by atoms with Crippen LogP contribution in [0, 0.1) is 0 Å². The van der Waals surface area contributed by atoms with Crippen molar-refractivity contribution in [2.45, 2.75) is 19.3 Å². The molecule has 0 N–H and O–H groups in total. The zero-order chi connectivity index (χ0) is 33.1. The number of benzene rings is 8. The largest absolute Gasteiger partial charge is 0.310 e. The first-order chi connectivity index (χ1) is 24.6. The average molecular weight is 674 g/mol. The average Bonchev–Trinajstić information content (AvgIpc) is 3.81. The smallest absolute Gasteiger partial charge is 0.0555 e. The lowest BCUT2D eigenvalue weighted by atomic mass is 9.82. The van der Waals surface area contributed by atoms with E-state index in [-0.39, 0.29) is 5.41 Å². The second-order valence-electron chi connectivity index (χ2n) is 14.1. The van der Waals surface area contributed by atoms with E-state index in [4.69, 9.17) is 0 Å². The van der Waals surface area contributed by atoms with Crippen molar-refractivity contribution in [3.05, 3.63) is 163 Å². The maximum absolute atomic E-state index is 2.52. The number of anilines is 3. The Kier molecular flexibility index (Phi) is 5.83. The summed E-state index contributed by atoms with van der Waals surface area (Å²) in [6.07, 6.45) is 0. The summed E-state index contributed by atoms with van der Waals surface area (Å²) < 4.78 is 5.42. The maximum Gasteiger partial charge on any atom is 0.0555 e. The van der Waals surface area contributed by atoms with Crippen LogP contribution in [0.15, 0.2) is 152 Å². The van der Waals surface area contributed by atoms with Crippen LogP contribution in [0.4, 0.5) is 17.1 Å². The molecule has 8 aromatic carbocycles. The Bertz CT molecular complexity index is 3030. The fourth-order valence-corrected chi connectivity index (χ4v) is 11.3. The molecule has 0 saturated carbocycles. The zero-order valence-corrected chi connectivity index (χ0v) is 29.3. The van der Waals surface area contributed by atoms with E-state index in [0.29, 0.717) is 0 Å². The minimum absolute atomic E-state index is 0.0973. The molecule has 3 heteroatoms. The molecule has 50 heavy (non-hydrogen) atoms. The molecule has 0 fully saturated rings. The monoisotopic (exact) mass is 673 g/mol. The van der Waals surface area contributed by atoms with Crippen LogP contribution in [0.1, 0.15) is 25.0 Å². The van der Waals surface area contributed by atoms with E-state index in [1.54, 1.807) is 0 Å². The Labute approximate surface area is 298 Å². The third-order valence-corrected chi connectivity index (χ3v) is 13.4. The SMILES string of the molecule is CC1(C)c2ccccc2-c2ccc(N(c3ccc4ccccc4c3)c3cccc4sc5c6c7ccccc7sc6c6ccccc6c5c34)cc21. The molecule has 1 aliphatic carbocycles. The summed E-state index contributed by atoms with van der Waals surface area (Å²) in [7, 11) is 0. The van der Waals surface area contributed by atoms with Crippen LogP contribution < -0.4 is 4.90 Å². The fourth-order valence-electron chi connectivity index (χ4n) is 8.68. The van der Waals surface area contributed by atoms with E-state index in [1.807, 2.05) is 22.7 Å². The van der Waals surface area contributed by atoms with Crippen LogP contribution in [-0.2, 0) is 5.41 Å². The summed E-state index contributed by atoms with van der Waals surface area (Å²) in [6, 6.07) is 56.6. The lowest BCUT2D eigenvalue weighted by Gasteiger charge is -2.29. The molecule has 0 radical (unpaired) electrons. The van der Waals surface area contributed by atoms with Gasteiger partial charge in [-0.1, -0.05) is 123 Å². The predicted octanol–water partition coefficient (Wildman–Crippen LogP) is 14.5. The van der Waals surface area contributed by atoms with Crippen molar-refractivity contribution in [1.29, 1.82) is 0 Å². The zero-order valence-electron chi connectivity index (χ0n) is 27.7. The van der Waals surface area contributed by atoms with Gasteiger partial charge in [0.2, 0.25) is 0 Å². The van der Waals surface area contributed by atoms with Crippen LogP contribution in [-0.4, -0.2) is 0 Å². The molecule has 2 aromatic heterocycles. The highest BCUT2D eigenvalue weighted by molar-refractivity contribution is 7.30. The van der Waals surface area contributed by atoms with E-state index in [9.17, 15) is 0 Å². The van der Waals surface area contributed by atoms with Crippen LogP contribution in [0.5, 0.6) is 0 Å². The minimum Gasteiger partial charge on any atom is -0.310 e. The maximum atomic E-state index is 2.52. The minimum atomic E-state index is -0.0973. The van der Waals surface area contributed by atoms with Crippen molar-refractivity contribution in [1.82, 2.24) is 0 Å². The lowest BCUT2D eigenvalue weighted by Crippen LogP contribution is -2.16. The van der Waals surface area contributed by atoms with Gasteiger partial charge in [0.25, 0.3) is 0 Å². The van der Waals surface area contributed by atoms with Gasteiger partial charge in [-0.05, 0) is 80.9 Å². The van der Waals surface area contributed by atoms with Gasteiger partial charge >= 0.3 is 0 Å². The fraction of sp³-hybridized carbons (Fsp3) is 0.0638. The van der Waals surface area contributed by atoms with Gasteiger partial charge in [-0.3, -0.25) is 0 Å². The predicted molar refractivity (Wildman–Crippen MR) is 219 cm³/mol. The van der Waals surface area contributed by atoms with Gasteiger partial charge in [0.1, 0.15) is 0 Å². The molecule has 1 nitrogen and oxygen atoms in total. The molecule has 236 valence electrons. The summed E-state index contributed by atoms with van der Waals surface area (Å²) in [5, 5.41) is 10.6. The molecular weight excluding hydrogens is 643 g/mol. The first-order valence-electron chi connectivity index (χ1n) is 17.3. The van der Waals surface area contributed by atoms with Crippen molar-refractivity contribution < 1.29 is 0 Å². The van der Waals surface area contributed by atoms with Gasteiger partial charge in [-0.2, -0.15) is 0 Å². The first kappa shape index (κ1) is 28.4. The molecule has 2 heterocycles. The Morgan fingerprint density at radius 3 is 2.00 bits per heavy atom. The molecule has 0 saturated heterocycles. The molecule has 0 unspecified atom stereocenters. The number of hydrogen-bond donors (Lipinski definition) is 0. The number of rotatable bonds is 3. The first-order valence-corrected chi connectivity index (χ1v) is 18.9. The van der Waals surface area contributed by atoms with Crippen molar-refractivity contribution in [2.75, 3.05) is 4.90 Å². The molecule has 0 bridgehead atoms. The van der Waals surface area contributed by atoms with Crippen LogP contribution in [0.25, 0.3) is 73.0 Å². The molecule has 10 aromatic rings. The summed E-state index contributed by atoms with van der Waals surface area (Å²) in [6.45, 7) is 4.74. The quantitative estimate of drug-likeness (QED) is 0.180. The summed E-state index contributed by atoms with van der Waals surface area (Å²) in [4.78, 5) is 2.52. The Morgan fingerprint density at radius 1 is 0.440 bits per heavy atom. The van der Waals surface area contributed by atoms with Gasteiger partial charge in [-0.25, -0.2) is 0 Å². The van der Waals surface area contributed by atoms with Crippen molar-refractivity contribution in [3.8, 4) is 11.1 Å². The molecule has 11 rings (SSSR count). The lowest BCUT2D eigenvalue weighted by molar-refractivity contribution is 0.660. The van der Waals surface area contributed by atoms with Crippen LogP contribution >= 0.6 is 22.7 Å². The number of thiophene rings is 2. The number of nitrogens with zero attached hydrogens (tertiary/aromatic N) is 1. The van der Waals surface area contributed by atoms with E-state index < -0.39 is 0 Å². The van der Waals surface area contributed by atoms with Gasteiger partial charge in [-0.15, -0.1) is 22.7 Å². The van der Waals surface area contributed by atoms with Gasteiger partial charge in [0, 0.05) is 62.5 Å². The van der Waals surface area contributed by atoms with Crippen molar-refractivity contribution in [3.63, 3.8) is 0 Å². The second kappa shape index (κ2) is 10.3. The highest BCUT2D eigenvalue weighted by atomic mass is 32.1. The van der Waals surface area contributed by atoms with E-state index >= 15 is 0 Å². The summed E-state index contributed by atoms with van der Waals surface area (Å²) in [5.41, 5.74) is 8.91. The molecule has 0 atom stereocenters. The Balaban J connectivity index is 1.26. The summed E-state index contributed by atoms with van der Waals surface area (Å²) >= 11 is 3.86. The third-order valence-electron chi connectivity index (χ3n) is 11.0. The third kappa shape index (κ3) is 3.82. The molecule has 1 aliphatic rings. The van der Waals surface area contributed by atoms with Gasteiger partial charge in [0.15, 0.2) is 0 Å². The normalized spacial score (nSPS) is 13.6. The molecule has 0 amide bonds. The van der Waals surface area contributed by atoms with Crippen molar-refractivity contribution >= 4 is 102 Å². The Hall–Kier alpha value is -5.48. The topological polar surface area (TPSA) is 3.24 Å². The van der Waals surface area contributed by atoms with Gasteiger partial charge < -0.3 is 4.90 Å². The van der Waals surface area contributed by atoms with E-state index in [1.165, 1.54) is 95.5 Å². The second-order valence-corrected chi connectivity index (χ2v) is 16.2. The Morgan fingerprint density at radius 2 is 1.10 bits per heavy atom. The number of hydrogen-bond acceptors (Lipinski definition) is 3. The van der Waals surface area contributed by atoms with Crippen molar-refractivity contribution in [2.24, 2.45) is 0 Å². The summed E-state index contributed by atoms with van der Waals surface area (Å²) in [5.74, 6) is 0. The number of fused-ring (bicyclic) bond motifs is 14. The highest BCUT2D eigenvalue weighted by Crippen LogP contribution is 2.54. The van der Waals surface area contributed by atoms with Crippen LogP contribution in [0.2, 0.25) is 0 Å². The molecular formula is C47H31NS2. The van der Waals surface area contributed by atoms with E-state index in [0.717, 1.165) is 5.69 Å². The highest BCUT2D eigenvalue weighted by Gasteiger charge is 2.36. The molecule has 0 aliphatic heterocycles. The standard InChI is InChI=1S/C47H31NS2/c1-47(2)37-18-9-7-14-32(37)33-25-24-31(27-38(33)47)48(30-23-22-28-12-3-4-13-29(28)26-30)39-19-11-21-41-44(39)42-34-15-5-6-16-35(34)45-43(46(42)50-41)36-17-8-10-20-40(36)49-45/h3-27H,1-2H3. The van der Waals surface area contributed by atoms with E-state index in [2.05, 4.69) is 170 Å². The van der Waals surface area contributed by atoms with Gasteiger partial charge in [0.05, 0.1) is 5.69 Å². The van der Waals surface area contributed by atoms with Crippen LogP contribution in [0.3, 0.4) is 0 Å². The molecule has 0 spiro atoms.